The second kappa shape index (κ2) is 7.37. The number of rotatable bonds is 1. The van der Waals surface area contributed by atoms with Crippen molar-refractivity contribution in [3.63, 3.8) is 0 Å². The molecule has 2 aromatic heterocycles. The topological polar surface area (TPSA) is 4.93 Å². The molecule has 1 aliphatic rings. The van der Waals surface area contributed by atoms with E-state index in [-0.39, 0.29) is 5.41 Å². The minimum atomic E-state index is -0.0750. The van der Waals surface area contributed by atoms with Crippen LogP contribution in [0.25, 0.3) is 69.6 Å². The van der Waals surface area contributed by atoms with Crippen molar-refractivity contribution in [1.82, 2.24) is 4.57 Å². The maximum Gasteiger partial charge on any atom is 0.0640 e. The maximum absolute atomic E-state index is 2.51. The van der Waals surface area contributed by atoms with Crippen LogP contribution in [0.4, 0.5) is 0 Å². The lowest BCUT2D eigenvalue weighted by Crippen LogP contribution is -2.15. The third kappa shape index (κ3) is 2.65. The predicted octanol–water partition coefficient (Wildman–Crippen LogP) is 10.6. The van der Waals surface area contributed by atoms with Crippen LogP contribution >= 0.6 is 11.3 Å². The summed E-state index contributed by atoms with van der Waals surface area (Å²) in [5.41, 5.74) is 9.33. The van der Waals surface area contributed by atoms with Crippen LogP contribution in [0.2, 0.25) is 0 Å². The molecule has 0 radical (unpaired) electrons. The van der Waals surface area contributed by atoms with Crippen LogP contribution in [0.15, 0.2) is 115 Å². The fourth-order valence-electron chi connectivity index (χ4n) is 7.32. The van der Waals surface area contributed by atoms with Crippen LogP contribution in [0.5, 0.6) is 0 Å². The van der Waals surface area contributed by atoms with Gasteiger partial charge in [0.1, 0.15) is 0 Å². The Bertz CT molecular complexity index is 2310. The molecule has 0 amide bonds. The summed E-state index contributed by atoms with van der Waals surface area (Å²) in [6.07, 6.45) is 0. The molecule has 9 rings (SSSR count). The molecule has 0 bridgehead atoms. The highest BCUT2D eigenvalue weighted by Crippen LogP contribution is 2.53. The summed E-state index contributed by atoms with van der Waals surface area (Å²) in [6, 6.07) is 42.8. The Labute approximate surface area is 230 Å². The first-order valence-electron chi connectivity index (χ1n) is 13.6. The van der Waals surface area contributed by atoms with E-state index in [1.165, 1.54) is 80.7 Å². The lowest BCUT2D eigenvalue weighted by Gasteiger charge is -2.23. The van der Waals surface area contributed by atoms with Gasteiger partial charge in [-0.25, -0.2) is 0 Å². The lowest BCUT2D eigenvalue weighted by atomic mass is 9.79. The summed E-state index contributed by atoms with van der Waals surface area (Å²) < 4.78 is 5.19. The molecule has 1 nitrogen and oxygen atoms in total. The largest absolute Gasteiger partial charge is 0.308 e. The van der Waals surface area contributed by atoms with Gasteiger partial charge in [-0.2, -0.15) is 0 Å². The van der Waals surface area contributed by atoms with Crippen molar-refractivity contribution in [3.8, 4) is 16.8 Å². The predicted molar refractivity (Wildman–Crippen MR) is 169 cm³/mol. The first-order valence-corrected chi connectivity index (χ1v) is 14.4. The number of fused-ring (bicyclic) bond motifs is 12. The van der Waals surface area contributed by atoms with Crippen molar-refractivity contribution in [3.05, 3.63) is 126 Å². The lowest BCUT2D eigenvalue weighted by molar-refractivity contribution is 0.666. The fraction of sp³-hybridized carbons (Fsp3) is 0.0811. The molecule has 39 heavy (non-hydrogen) atoms. The third-order valence-electron chi connectivity index (χ3n) is 8.96. The molecular weight excluding hydrogens is 490 g/mol. The van der Waals surface area contributed by atoms with Gasteiger partial charge in [-0.05, 0) is 57.3 Å². The van der Waals surface area contributed by atoms with E-state index in [1.807, 2.05) is 11.3 Å². The molecule has 1 aliphatic carbocycles. The SMILES string of the molecule is CC1(C)c2ccccc2-c2ccc3ccc4c(c5ccccc5n4-c4cccc5c4sc4ccccc45)c3c21. The van der Waals surface area contributed by atoms with Gasteiger partial charge in [-0.15, -0.1) is 11.3 Å². The molecule has 0 saturated heterocycles. The second-order valence-corrected chi connectivity index (χ2v) is 12.4. The summed E-state index contributed by atoms with van der Waals surface area (Å²) in [5.74, 6) is 0. The van der Waals surface area contributed by atoms with Crippen LogP contribution in [0, 0.1) is 0 Å². The standard InChI is InChI=1S/C37H25NS/c1-37(2)28-14-6-3-10-23(28)25-20-18-22-19-21-30-34(33(22)35(25)37)27-12-4-7-15-29(27)38(30)31-16-9-13-26-24-11-5-8-17-32(24)39-36(26)31/h3-21H,1-2H3. The summed E-state index contributed by atoms with van der Waals surface area (Å²) in [4.78, 5) is 0. The average Bonchev–Trinajstić information content (AvgIpc) is 3.59. The molecule has 0 N–H and O–H groups in total. The van der Waals surface area contributed by atoms with E-state index in [2.05, 4.69) is 134 Å². The van der Waals surface area contributed by atoms with Crippen molar-refractivity contribution >= 4 is 64.1 Å². The molecule has 2 heterocycles. The normalized spacial score (nSPS) is 14.1. The molecule has 0 saturated carbocycles. The molecule has 0 unspecified atom stereocenters. The molecule has 8 aromatic rings. The molecule has 6 aromatic carbocycles. The summed E-state index contributed by atoms with van der Waals surface area (Å²) in [6.45, 7) is 4.79. The van der Waals surface area contributed by atoms with E-state index < -0.39 is 0 Å². The van der Waals surface area contributed by atoms with Crippen molar-refractivity contribution in [1.29, 1.82) is 0 Å². The number of hydrogen-bond acceptors (Lipinski definition) is 1. The first-order chi connectivity index (χ1) is 19.1. The van der Waals surface area contributed by atoms with Gasteiger partial charge in [0.2, 0.25) is 0 Å². The Kier molecular flexibility index (Phi) is 4.07. The fourth-order valence-corrected chi connectivity index (χ4v) is 8.52. The van der Waals surface area contributed by atoms with Gasteiger partial charge in [0, 0.05) is 31.7 Å². The molecule has 2 heteroatoms. The summed E-state index contributed by atoms with van der Waals surface area (Å²) >= 11 is 1.90. The maximum atomic E-state index is 2.51. The Morgan fingerprint density at radius 3 is 2.23 bits per heavy atom. The summed E-state index contributed by atoms with van der Waals surface area (Å²) in [7, 11) is 0. The number of para-hydroxylation sites is 1. The van der Waals surface area contributed by atoms with Crippen LogP contribution in [-0.2, 0) is 5.41 Å². The first kappa shape index (κ1) is 21.5. The zero-order chi connectivity index (χ0) is 25.9. The number of thiophene rings is 1. The van der Waals surface area contributed by atoms with Crippen LogP contribution < -0.4 is 0 Å². The van der Waals surface area contributed by atoms with E-state index >= 15 is 0 Å². The molecule has 0 spiro atoms. The van der Waals surface area contributed by atoms with Gasteiger partial charge in [0.05, 0.1) is 21.4 Å². The van der Waals surface area contributed by atoms with Gasteiger partial charge < -0.3 is 4.57 Å². The van der Waals surface area contributed by atoms with Crippen LogP contribution in [0.3, 0.4) is 0 Å². The van der Waals surface area contributed by atoms with Crippen molar-refractivity contribution < 1.29 is 0 Å². The minimum Gasteiger partial charge on any atom is -0.308 e. The Morgan fingerprint density at radius 2 is 1.31 bits per heavy atom. The van der Waals surface area contributed by atoms with Gasteiger partial charge in [0.25, 0.3) is 0 Å². The zero-order valence-corrected chi connectivity index (χ0v) is 22.6. The number of aromatic nitrogens is 1. The Balaban J connectivity index is 1.48. The van der Waals surface area contributed by atoms with Crippen molar-refractivity contribution in [2.45, 2.75) is 19.3 Å². The summed E-state index contributed by atoms with van der Waals surface area (Å²) in [5, 5.41) is 8.05. The van der Waals surface area contributed by atoms with Gasteiger partial charge in [-0.3, -0.25) is 0 Å². The van der Waals surface area contributed by atoms with Gasteiger partial charge in [0.15, 0.2) is 0 Å². The third-order valence-corrected chi connectivity index (χ3v) is 10.2. The molecule has 184 valence electrons. The second-order valence-electron chi connectivity index (χ2n) is 11.3. The van der Waals surface area contributed by atoms with E-state index in [1.54, 1.807) is 0 Å². The van der Waals surface area contributed by atoms with Crippen LogP contribution in [-0.4, -0.2) is 4.57 Å². The number of hydrogen-bond donors (Lipinski definition) is 0. The van der Waals surface area contributed by atoms with E-state index in [0.29, 0.717) is 0 Å². The smallest absolute Gasteiger partial charge is 0.0640 e. The zero-order valence-electron chi connectivity index (χ0n) is 21.8. The quantitative estimate of drug-likeness (QED) is 0.205. The van der Waals surface area contributed by atoms with E-state index in [4.69, 9.17) is 0 Å². The average molecular weight is 516 g/mol. The Morgan fingerprint density at radius 1 is 0.564 bits per heavy atom. The van der Waals surface area contributed by atoms with Crippen LogP contribution in [0.1, 0.15) is 25.0 Å². The number of benzene rings is 6. The van der Waals surface area contributed by atoms with Crippen molar-refractivity contribution in [2.75, 3.05) is 0 Å². The highest BCUT2D eigenvalue weighted by molar-refractivity contribution is 7.26. The highest BCUT2D eigenvalue weighted by atomic mass is 32.1. The van der Waals surface area contributed by atoms with Crippen molar-refractivity contribution in [2.24, 2.45) is 0 Å². The van der Waals surface area contributed by atoms with E-state index in [0.717, 1.165) is 0 Å². The minimum absolute atomic E-state index is 0.0750. The Hall–Kier alpha value is -4.40. The molecular formula is C37H25NS. The molecule has 0 fully saturated rings. The van der Waals surface area contributed by atoms with Gasteiger partial charge in [-0.1, -0.05) is 105 Å². The van der Waals surface area contributed by atoms with E-state index in [9.17, 15) is 0 Å². The number of nitrogens with zero attached hydrogens (tertiary/aromatic N) is 1. The monoisotopic (exact) mass is 515 g/mol. The molecule has 0 atom stereocenters. The highest BCUT2D eigenvalue weighted by Gasteiger charge is 2.37. The van der Waals surface area contributed by atoms with Gasteiger partial charge >= 0.3 is 0 Å². The molecule has 0 aliphatic heterocycles.